The molecular weight excluding hydrogens is 364 g/mol. The third-order valence-electron chi connectivity index (χ3n) is 3.50. The number of oxime groups is 1. The van der Waals surface area contributed by atoms with Gasteiger partial charge < -0.3 is 9.57 Å². The number of rotatable bonds is 8. The molecule has 2 aromatic carbocycles. The normalized spacial score (nSPS) is 11.3. The average molecular weight is 383 g/mol. The van der Waals surface area contributed by atoms with Crippen molar-refractivity contribution in [3.8, 4) is 11.5 Å². The van der Waals surface area contributed by atoms with E-state index in [2.05, 4.69) is 21.8 Å². The molecule has 7 heteroatoms. The van der Waals surface area contributed by atoms with Gasteiger partial charge in [0.15, 0.2) is 0 Å². The molecule has 0 amide bonds. The highest BCUT2D eigenvalue weighted by molar-refractivity contribution is 6.30. The van der Waals surface area contributed by atoms with Crippen molar-refractivity contribution in [1.29, 1.82) is 0 Å². The van der Waals surface area contributed by atoms with E-state index in [4.69, 9.17) is 21.2 Å². The summed E-state index contributed by atoms with van der Waals surface area (Å²) in [6.07, 6.45) is 3.11. The van der Waals surface area contributed by atoms with Crippen LogP contribution in [-0.2, 0) is 11.4 Å². The van der Waals surface area contributed by atoms with Crippen molar-refractivity contribution < 1.29 is 9.57 Å². The first-order chi connectivity index (χ1) is 13.1. The van der Waals surface area contributed by atoms with Gasteiger partial charge in [-0.05, 0) is 61.0 Å². The predicted octanol–water partition coefficient (Wildman–Crippen LogP) is 4.72. The van der Waals surface area contributed by atoms with Gasteiger partial charge in [0.25, 0.3) is 0 Å². The molecule has 3 aromatic rings. The second kappa shape index (κ2) is 9.00. The van der Waals surface area contributed by atoms with Crippen LogP contribution in [-0.4, -0.2) is 27.1 Å². The van der Waals surface area contributed by atoms with E-state index >= 15 is 0 Å². The van der Waals surface area contributed by atoms with E-state index in [1.165, 1.54) is 6.33 Å². The van der Waals surface area contributed by atoms with Crippen LogP contribution in [0.5, 0.6) is 11.5 Å². The molecule has 0 bridgehead atoms. The van der Waals surface area contributed by atoms with Gasteiger partial charge in [0, 0.05) is 10.6 Å². The van der Waals surface area contributed by atoms with Crippen LogP contribution in [0, 0.1) is 0 Å². The van der Waals surface area contributed by atoms with Crippen molar-refractivity contribution in [1.82, 2.24) is 14.8 Å². The maximum Gasteiger partial charge on any atom is 0.137 e. The molecule has 27 heavy (non-hydrogen) atoms. The molecular formula is C20H19ClN4O2. The van der Waals surface area contributed by atoms with Crippen LogP contribution >= 0.6 is 11.6 Å². The second-order valence-electron chi connectivity index (χ2n) is 5.94. The molecule has 0 N–H and O–H groups in total. The molecule has 0 aliphatic heterocycles. The standard InChI is InChI=1S/C20H19ClN4O2/c1-15(2)12-26-24-20(11-25-14-22-13-23-25)16-3-7-18(8-4-16)27-19-9-5-17(21)6-10-19/h3-10,13-14H,1,11-12H2,2H3/b24-20-. The van der Waals surface area contributed by atoms with Crippen LogP contribution in [0.4, 0.5) is 0 Å². The number of benzene rings is 2. The van der Waals surface area contributed by atoms with Gasteiger partial charge in [-0.15, -0.1) is 0 Å². The molecule has 0 spiro atoms. The Hall–Kier alpha value is -3.12. The maximum absolute atomic E-state index is 5.89. The van der Waals surface area contributed by atoms with Crippen molar-refractivity contribution in [2.75, 3.05) is 6.61 Å². The number of ether oxygens (including phenoxy) is 1. The first-order valence-electron chi connectivity index (χ1n) is 8.29. The molecule has 1 heterocycles. The Morgan fingerprint density at radius 1 is 1.11 bits per heavy atom. The van der Waals surface area contributed by atoms with Crippen molar-refractivity contribution in [3.05, 3.63) is 83.9 Å². The molecule has 3 rings (SSSR count). The van der Waals surface area contributed by atoms with E-state index in [9.17, 15) is 0 Å². The molecule has 0 fully saturated rings. The number of aromatic nitrogens is 3. The second-order valence-corrected chi connectivity index (χ2v) is 6.38. The van der Waals surface area contributed by atoms with Gasteiger partial charge >= 0.3 is 0 Å². The van der Waals surface area contributed by atoms with E-state index in [0.717, 1.165) is 16.8 Å². The minimum Gasteiger partial charge on any atom is -0.457 e. The lowest BCUT2D eigenvalue weighted by atomic mass is 10.1. The van der Waals surface area contributed by atoms with Gasteiger partial charge in [0.1, 0.15) is 36.5 Å². The zero-order valence-electron chi connectivity index (χ0n) is 14.9. The highest BCUT2D eigenvalue weighted by Gasteiger charge is 2.08. The van der Waals surface area contributed by atoms with E-state index in [1.54, 1.807) is 23.1 Å². The fraction of sp³-hybridized carbons (Fsp3) is 0.150. The van der Waals surface area contributed by atoms with E-state index in [0.29, 0.717) is 29.7 Å². The van der Waals surface area contributed by atoms with E-state index < -0.39 is 0 Å². The Kier molecular flexibility index (Phi) is 6.22. The lowest BCUT2D eigenvalue weighted by Gasteiger charge is -2.09. The van der Waals surface area contributed by atoms with Crippen molar-refractivity contribution in [2.24, 2.45) is 5.16 Å². The summed E-state index contributed by atoms with van der Waals surface area (Å²) in [5, 5.41) is 9.03. The zero-order chi connectivity index (χ0) is 19.1. The van der Waals surface area contributed by atoms with Gasteiger partial charge in [-0.3, -0.25) is 0 Å². The molecule has 0 radical (unpaired) electrons. The fourth-order valence-electron chi connectivity index (χ4n) is 2.22. The third kappa shape index (κ3) is 5.69. The largest absolute Gasteiger partial charge is 0.457 e. The summed E-state index contributed by atoms with van der Waals surface area (Å²) in [6.45, 7) is 6.49. The molecule has 0 aliphatic carbocycles. The highest BCUT2D eigenvalue weighted by Crippen LogP contribution is 2.23. The van der Waals surface area contributed by atoms with Crippen molar-refractivity contribution >= 4 is 17.3 Å². The Bertz CT molecular complexity index is 904. The average Bonchev–Trinajstić information content (AvgIpc) is 3.16. The fourth-order valence-corrected chi connectivity index (χ4v) is 2.34. The van der Waals surface area contributed by atoms with Gasteiger partial charge in [-0.1, -0.05) is 23.3 Å². The molecule has 6 nitrogen and oxygen atoms in total. The zero-order valence-corrected chi connectivity index (χ0v) is 15.6. The first-order valence-corrected chi connectivity index (χ1v) is 8.67. The number of nitrogens with zero attached hydrogens (tertiary/aromatic N) is 4. The summed E-state index contributed by atoms with van der Waals surface area (Å²) >= 11 is 5.89. The lowest BCUT2D eigenvalue weighted by Crippen LogP contribution is -2.13. The molecule has 1 aromatic heterocycles. The van der Waals surface area contributed by atoms with E-state index in [1.807, 2.05) is 43.3 Å². The van der Waals surface area contributed by atoms with Crippen molar-refractivity contribution in [3.63, 3.8) is 0 Å². The predicted molar refractivity (Wildman–Crippen MR) is 105 cm³/mol. The van der Waals surface area contributed by atoms with Crippen LogP contribution in [0.2, 0.25) is 5.02 Å². The molecule has 0 saturated heterocycles. The Morgan fingerprint density at radius 2 is 1.78 bits per heavy atom. The number of hydrogen-bond donors (Lipinski definition) is 0. The molecule has 0 atom stereocenters. The summed E-state index contributed by atoms with van der Waals surface area (Å²) < 4.78 is 7.50. The summed E-state index contributed by atoms with van der Waals surface area (Å²) in [4.78, 5) is 9.34. The quantitative estimate of drug-likeness (QED) is 0.321. The van der Waals surface area contributed by atoms with Gasteiger partial charge in [0.05, 0.1) is 6.54 Å². The summed E-state index contributed by atoms with van der Waals surface area (Å²) in [7, 11) is 0. The Labute approximate surface area is 162 Å². The van der Waals surface area contributed by atoms with Gasteiger partial charge in [-0.2, -0.15) is 5.10 Å². The van der Waals surface area contributed by atoms with Gasteiger partial charge in [0.2, 0.25) is 0 Å². The summed E-state index contributed by atoms with van der Waals surface area (Å²) in [5.41, 5.74) is 2.51. The van der Waals surface area contributed by atoms with Crippen LogP contribution in [0.25, 0.3) is 0 Å². The topological polar surface area (TPSA) is 61.5 Å². The minimum atomic E-state index is 0.360. The SMILES string of the molecule is C=C(C)CO/N=C(/Cn1cncn1)c1ccc(Oc2ccc(Cl)cc2)cc1. The molecule has 0 saturated carbocycles. The first kappa shape index (κ1) is 18.7. The van der Waals surface area contributed by atoms with Crippen LogP contribution in [0.1, 0.15) is 12.5 Å². The van der Waals surface area contributed by atoms with E-state index in [-0.39, 0.29) is 0 Å². The lowest BCUT2D eigenvalue weighted by molar-refractivity contribution is 0.167. The summed E-state index contributed by atoms with van der Waals surface area (Å²) in [5.74, 6) is 1.43. The Balaban J connectivity index is 1.75. The smallest absolute Gasteiger partial charge is 0.137 e. The number of halogens is 1. The van der Waals surface area contributed by atoms with Crippen LogP contribution in [0.15, 0.2) is 78.5 Å². The van der Waals surface area contributed by atoms with Gasteiger partial charge in [-0.25, -0.2) is 9.67 Å². The minimum absolute atomic E-state index is 0.360. The molecule has 0 aliphatic rings. The van der Waals surface area contributed by atoms with Crippen LogP contribution in [0.3, 0.4) is 0 Å². The third-order valence-corrected chi connectivity index (χ3v) is 3.75. The molecule has 0 unspecified atom stereocenters. The highest BCUT2D eigenvalue weighted by atomic mass is 35.5. The summed E-state index contributed by atoms with van der Waals surface area (Å²) in [6, 6.07) is 14.8. The monoisotopic (exact) mass is 382 g/mol. The maximum atomic E-state index is 5.89. The van der Waals surface area contributed by atoms with Crippen molar-refractivity contribution in [2.45, 2.75) is 13.5 Å². The molecule has 138 valence electrons. The van der Waals surface area contributed by atoms with Crippen LogP contribution < -0.4 is 4.74 Å². The number of hydrogen-bond acceptors (Lipinski definition) is 5. The Morgan fingerprint density at radius 3 is 2.37 bits per heavy atom.